The van der Waals surface area contributed by atoms with Gasteiger partial charge in [0.05, 0.1) is 6.17 Å². The van der Waals surface area contributed by atoms with Gasteiger partial charge >= 0.3 is 0 Å². The Morgan fingerprint density at radius 1 is 1.00 bits per heavy atom. The Balaban J connectivity index is 2.01. The molecular formula is C16H24N2. The van der Waals surface area contributed by atoms with Crippen LogP contribution in [-0.4, -0.2) is 30.2 Å². The summed E-state index contributed by atoms with van der Waals surface area (Å²) in [5.41, 5.74) is 2.84. The third-order valence-electron chi connectivity index (χ3n) is 5.02. The van der Waals surface area contributed by atoms with Gasteiger partial charge in [0, 0.05) is 17.8 Å². The topological polar surface area (TPSA) is 6.48 Å². The SMILES string of the molecule is Cc1ccccc1N1C2CCC(CC2)N(C)C1C. The van der Waals surface area contributed by atoms with Crippen LogP contribution in [0.15, 0.2) is 24.3 Å². The molecule has 98 valence electrons. The monoisotopic (exact) mass is 244 g/mol. The average Bonchev–Trinajstić information content (AvgIpc) is 2.58. The molecule has 18 heavy (non-hydrogen) atoms. The number of hydrogen-bond acceptors (Lipinski definition) is 2. The maximum absolute atomic E-state index is 2.67. The summed E-state index contributed by atoms with van der Waals surface area (Å²) < 4.78 is 0. The van der Waals surface area contributed by atoms with Gasteiger partial charge in [-0.2, -0.15) is 0 Å². The molecule has 0 amide bonds. The van der Waals surface area contributed by atoms with Crippen molar-refractivity contribution in [2.45, 2.75) is 57.8 Å². The summed E-state index contributed by atoms with van der Waals surface area (Å²) >= 11 is 0. The number of fused-ring (bicyclic) bond motifs is 4. The van der Waals surface area contributed by atoms with E-state index in [2.05, 4.69) is 55.0 Å². The van der Waals surface area contributed by atoms with Gasteiger partial charge in [-0.25, -0.2) is 0 Å². The highest BCUT2D eigenvalue weighted by Crippen LogP contribution is 2.37. The lowest BCUT2D eigenvalue weighted by atomic mass is 9.91. The minimum Gasteiger partial charge on any atom is -0.353 e. The molecule has 1 unspecified atom stereocenters. The summed E-state index contributed by atoms with van der Waals surface area (Å²) in [4.78, 5) is 5.25. The summed E-state index contributed by atoms with van der Waals surface area (Å²) in [5, 5.41) is 0. The van der Waals surface area contributed by atoms with E-state index in [9.17, 15) is 0 Å². The van der Waals surface area contributed by atoms with E-state index >= 15 is 0 Å². The van der Waals surface area contributed by atoms with Gasteiger partial charge in [-0.1, -0.05) is 18.2 Å². The highest BCUT2D eigenvalue weighted by Gasteiger charge is 2.38. The van der Waals surface area contributed by atoms with Gasteiger partial charge in [0.15, 0.2) is 0 Å². The van der Waals surface area contributed by atoms with E-state index in [-0.39, 0.29) is 0 Å². The first-order valence-electron chi connectivity index (χ1n) is 7.24. The second kappa shape index (κ2) is 4.58. The van der Waals surface area contributed by atoms with Gasteiger partial charge < -0.3 is 4.90 Å². The van der Waals surface area contributed by atoms with Crippen molar-refractivity contribution in [3.05, 3.63) is 29.8 Å². The zero-order valence-electron chi connectivity index (χ0n) is 11.8. The Hall–Kier alpha value is -1.02. The molecule has 1 saturated carbocycles. The van der Waals surface area contributed by atoms with Crippen LogP contribution in [0.3, 0.4) is 0 Å². The first-order chi connectivity index (χ1) is 8.68. The minimum atomic E-state index is 0.520. The number of para-hydroxylation sites is 1. The Morgan fingerprint density at radius 2 is 1.61 bits per heavy atom. The number of rotatable bonds is 1. The Morgan fingerprint density at radius 3 is 2.28 bits per heavy atom. The van der Waals surface area contributed by atoms with Crippen molar-refractivity contribution in [3.8, 4) is 0 Å². The Labute approximate surface area is 111 Å². The molecule has 1 atom stereocenters. The summed E-state index contributed by atoms with van der Waals surface area (Å²) in [5.74, 6) is 0. The molecule has 2 saturated heterocycles. The molecule has 2 heteroatoms. The van der Waals surface area contributed by atoms with Crippen molar-refractivity contribution in [1.82, 2.24) is 4.90 Å². The molecule has 1 aromatic rings. The van der Waals surface area contributed by atoms with E-state index in [0.717, 1.165) is 12.1 Å². The standard InChI is InChI=1S/C16H24N2/c1-12-6-4-5-7-16(12)18-13(2)17(3)14-8-10-15(18)11-9-14/h4-7,13-15H,8-11H2,1-3H3. The molecule has 1 aromatic carbocycles. The van der Waals surface area contributed by atoms with Crippen LogP contribution in [0.2, 0.25) is 0 Å². The van der Waals surface area contributed by atoms with Crippen LogP contribution in [0, 0.1) is 6.92 Å². The highest BCUT2D eigenvalue weighted by molar-refractivity contribution is 5.55. The van der Waals surface area contributed by atoms with Gasteiger partial charge in [0.2, 0.25) is 0 Å². The Bertz CT molecular complexity index is 421. The predicted octanol–water partition coefficient (Wildman–Crippen LogP) is 3.40. The molecule has 2 bridgehead atoms. The number of aryl methyl sites for hydroxylation is 1. The first kappa shape index (κ1) is 12.0. The van der Waals surface area contributed by atoms with Crippen LogP contribution in [0.5, 0.6) is 0 Å². The van der Waals surface area contributed by atoms with Crippen LogP contribution in [0.4, 0.5) is 5.69 Å². The van der Waals surface area contributed by atoms with Gasteiger partial charge in [-0.05, 0) is 58.2 Å². The summed E-state index contributed by atoms with van der Waals surface area (Å²) in [7, 11) is 2.30. The van der Waals surface area contributed by atoms with E-state index in [1.54, 1.807) is 0 Å². The van der Waals surface area contributed by atoms with Crippen LogP contribution in [-0.2, 0) is 0 Å². The normalized spacial score (nSPS) is 32.6. The second-order valence-electron chi connectivity index (χ2n) is 5.95. The average molecular weight is 244 g/mol. The molecule has 1 aliphatic carbocycles. The lowest BCUT2D eigenvalue weighted by Crippen LogP contribution is -2.47. The van der Waals surface area contributed by atoms with Gasteiger partial charge in [-0.3, -0.25) is 4.90 Å². The van der Waals surface area contributed by atoms with Crippen molar-refractivity contribution in [3.63, 3.8) is 0 Å². The van der Waals surface area contributed by atoms with Crippen molar-refractivity contribution in [2.75, 3.05) is 11.9 Å². The van der Waals surface area contributed by atoms with E-state index in [1.807, 2.05) is 0 Å². The van der Waals surface area contributed by atoms with Crippen molar-refractivity contribution in [2.24, 2.45) is 0 Å². The quantitative estimate of drug-likeness (QED) is 0.747. The van der Waals surface area contributed by atoms with Crippen molar-refractivity contribution >= 4 is 5.69 Å². The van der Waals surface area contributed by atoms with E-state index in [0.29, 0.717) is 6.17 Å². The smallest absolute Gasteiger partial charge is 0.0795 e. The van der Waals surface area contributed by atoms with Crippen LogP contribution in [0.25, 0.3) is 0 Å². The third kappa shape index (κ3) is 1.83. The number of anilines is 1. The van der Waals surface area contributed by atoms with Gasteiger partial charge in [-0.15, -0.1) is 0 Å². The molecule has 3 aliphatic rings. The van der Waals surface area contributed by atoms with Crippen LogP contribution < -0.4 is 4.90 Å². The predicted molar refractivity (Wildman–Crippen MR) is 76.9 cm³/mol. The molecule has 0 aromatic heterocycles. The highest BCUT2D eigenvalue weighted by atomic mass is 15.4. The molecule has 0 spiro atoms. The second-order valence-corrected chi connectivity index (χ2v) is 5.95. The van der Waals surface area contributed by atoms with E-state index in [1.165, 1.54) is 36.9 Å². The zero-order valence-corrected chi connectivity index (χ0v) is 11.8. The first-order valence-corrected chi connectivity index (χ1v) is 7.24. The van der Waals surface area contributed by atoms with Crippen molar-refractivity contribution < 1.29 is 0 Å². The molecule has 3 fully saturated rings. The van der Waals surface area contributed by atoms with E-state index < -0.39 is 0 Å². The Kier molecular flexibility index (Phi) is 3.06. The summed E-state index contributed by atoms with van der Waals surface area (Å²) in [6.07, 6.45) is 5.97. The molecule has 2 heterocycles. The maximum atomic E-state index is 2.67. The lowest BCUT2D eigenvalue weighted by Gasteiger charge is -2.39. The number of nitrogens with zero attached hydrogens (tertiary/aromatic N) is 2. The summed E-state index contributed by atoms with van der Waals surface area (Å²) in [6.45, 7) is 4.60. The van der Waals surface area contributed by atoms with Crippen LogP contribution in [0.1, 0.15) is 38.2 Å². The summed E-state index contributed by atoms with van der Waals surface area (Å²) in [6, 6.07) is 10.4. The number of hydrogen-bond donors (Lipinski definition) is 0. The largest absolute Gasteiger partial charge is 0.353 e. The molecule has 2 nitrogen and oxygen atoms in total. The molecule has 0 N–H and O–H groups in total. The van der Waals surface area contributed by atoms with Gasteiger partial charge in [0.1, 0.15) is 0 Å². The molecular weight excluding hydrogens is 220 g/mol. The fourth-order valence-electron chi connectivity index (χ4n) is 3.80. The fourth-order valence-corrected chi connectivity index (χ4v) is 3.80. The molecule has 0 radical (unpaired) electrons. The molecule has 4 rings (SSSR count). The minimum absolute atomic E-state index is 0.520. The van der Waals surface area contributed by atoms with E-state index in [4.69, 9.17) is 0 Å². The van der Waals surface area contributed by atoms with Crippen molar-refractivity contribution in [1.29, 1.82) is 0 Å². The fraction of sp³-hybridized carbons (Fsp3) is 0.625. The maximum Gasteiger partial charge on any atom is 0.0795 e. The van der Waals surface area contributed by atoms with Crippen LogP contribution >= 0.6 is 0 Å². The number of benzene rings is 1. The molecule has 2 aliphatic heterocycles. The zero-order chi connectivity index (χ0) is 12.7. The van der Waals surface area contributed by atoms with Gasteiger partial charge in [0.25, 0.3) is 0 Å². The lowest BCUT2D eigenvalue weighted by molar-refractivity contribution is 0.184. The third-order valence-corrected chi connectivity index (χ3v) is 5.02.